The van der Waals surface area contributed by atoms with Crippen LogP contribution in [-0.2, 0) is 6.54 Å². The number of rotatable bonds is 4. The van der Waals surface area contributed by atoms with Crippen LogP contribution in [0.15, 0.2) is 18.2 Å². The maximum atomic E-state index is 5.42. The number of imidazole rings is 1. The molecule has 2 heterocycles. The summed E-state index contributed by atoms with van der Waals surface area (Å²) in [5.74, 6) is 0.872. The third-order valence-electron chi connectivity index (χ3n) is 3.82. The van der Waals surface area contributed by atoms with Crippen molar-refractivity contribution in [2.24, 2.45) is 0 Å². The summed E-state index contributed by atoms with van der Waals surface area (Å²) < 4.78 is 8.26. The molecule has 0 saturated carbocycles. The summed E-state index contributed by atoms with van der Waals surface area (Å²) >= 11 is 5.42. The summed E-state index contributed by atoms with van der Waals surface area (Å²) in [7, 11) is 1.69. The first-order chi connectivity index (χ1) is 9.28. The summed E-state index contributed by atoms with van der Waals surface area (Å²) in [6.45, 7) is 4.45. The van der Waals surface area contributed by atoms with E-state index in [9.17, 15) is 0 Å². The fourth-order valence-corrected chi connectivity index (χ4v) is 3.03. The van der Waals surface area contributed by atoms with Gasteiger partial charge in [-0.3, -0.25) is 0 Å². The monoisotopic (exact) mass is 277 g/mol. The largest absolute Gasteiger partial charge is 0.497 e. The van der Waals surface area contributed by atoms with Crippen LogP contribution in [0.5, 0.6) is 5.75 Å². The van der Waals surface area contributed by atoms with Crippen LogP contribution in [-0.4, -0.2) is 41.2 Å². The molecule has 0 bridgehead atoms. The van der Waals surface area contributed by atoms with Gasteiger partial charge in [0.15, 0.2) is 4.77 Å². The van der Waals surface area contributed by atoms with E-state index in [1.807, 2.05) is 18.2 Å². The minimum absolute atomic E-state index is 0.794. The number of methoxy groups -OCH3 is 1. The number of hydrogen-bond donors (Lipinski definition) is 1. The smallest absolute Gasteiger partial charge is 0.178 e. The zero-order valence-corrected chi connectivity index (χ0v) is 12.0. The molecular formula is C14H19N3OS. The lowest BCUT2D eigenvalue weighted by Crippen LogP contribution is -2.24. The summed E-state index contributed by atoms with van der Waals surface area (Å²) in [6, 6.07) is 6.03. The summed E-state index contributed by atoms with van der Waals surface area (Å²) in [6.07, 6.45) is 2.65. The number of fused-ring (bicyclic) bond motifs is 1. The highest BCUT2D eigenvalue weighted by molar-refractivity contribution is 7.71. The lowest BCUT2D eigenvalue weighted by Gasteiger charge is -2.15. The average Bonchev–Trinajstić information content (AvgIpc) is 3.03. The Balaban J connectivity index is 1.88. The topological polar surface area (TPSA) is 33.2 Å². The third-order valence-corrected chi connectivity index (χ3v) is 4.14. The molecule has 0 atom stereocenters. The molecule has 5 heteroatoms. The quantitative estimate of drug-likeness (QED) is 0.872. The average molecular weight is 277 g/mol. The van der Waals surface area contributed by atoms with Gasteiger partial charge >= 0.3 is 0 Å². The van der Waals surface area contributed by atoms with Crippen molar-refractivity contribution in [2.75, 3.05) is 26.7 Å². The number of ether oxygens (including phenoxy) is 1. The van der Waals surface area contributed by atoms with Crippen LogP contribution in [0.1, 0.15) is 12.8 Å². The summed E-state index contributed by atoms with van der Waals surface area (Å²) in [5, 5.41) is 0. The van der Waals surface area contributed by atoms with E-state index in [2.05, 4.69) is 14.5 Å². The third kappa shape index (κ3) is 2.53. The first-order valence-electron chi connectivity index (χ1n) is 6.77. The molecule has 4 nitrogen and oxygen atoms in total. The number of aromatic nitrogens is 2. The molecule has 1 N–H and O–H groups in total. The molecule has 0 aliphatic carbocycles. The van der Waals surface area contributed by atoms with Crippen molar-refractivity contribution in [3.8, 4) is 5.75 Å². The van der Waals surface area contributed by atoms with Crippen molar-refractivity contribution in [1.82, 2.24) is 14.5 Å². The lowest BCUT2D eigenvalue weighted by atomic mass is 10.3. The van der Waals surface area contributed by atoms with Crippen LogP contribution in [0.4, 0.5) is 0 Å². The van der Waals surface area contributed by atoms with E-state index < -0.39 is 0 Å². The number of aromatic amines is 1. The van der Waals surface area contributed by atoms with Crippen LogP contribution in [0.3, 0.4) is 0 Å². The fourth-order valence-electron chi connectivity index (χ4n) is 2.73. The van der Waals surface area contributed by atoms with Crippen molar-refractivity contribution < 1.29 is 4.74 Å². The van der Waals surface area contributed by atoms with Crippen molar-refractivity contribution in [1.29, 1.82) is 0 Å². The fraction of sp³-hybridized carbons (Fsp3) is 0.500. The number of hydrogen-bond acceptors (Lipinski definition) is 3. The van der Waals surface area contributed by atoms with Crippen molar-refractivity contribution in [2.45, 2.75) is 19.4 Å². The second kappa shape index (κ2) is 5.35. The van der Waals surface area contributed by atoms with Gasteiger partial charge in [0.1, 0.15) is 5.75 Å². The Labute approximate surface area is 118 Å². The summed E-state index contributed by atoms with van der Waals surface area (Å²) in [4.78, 5) is 5.76. The number of H-pyrrole nitrogens is 1. The standard InChI is InChI=1S/C14H19N3OS/c1-18-11-4-5-12-13(10-11)17(14(19)15-12)9-8-16-6-2-3-7-16/h4-5,10H,2-3,6-9H2,1H3,(H,15,19). The molecule has 2 aromatic rings. The Morgan fingerprint density at radius 2 is 2.05 bits per heavy atom. The Morgan fingerprint density at radius 1 is 1.26 bits per heavy atom. The Morgan fingerprint density at radius 3 is 2.79 bits per heavy atom. The molecule has 1 saturated heterocycles. The lowest BCUT2D eigenvalue weighted by molar-refractivity contribution is 0.323. The zero-order chi connectivity index (χ0) is 13.2. The Kier molecular flexibility index (Phi) is 3.57. The molecular weight excluding hydrogens is 258 g/mol. The van der Waals surface area contributed by atoms with E-state index in [1.165, 1.54) is 25.9 Å². The first-order valence-corrected chi connectivity index (χ1v) is 7.17. The maximum Gasteiger partial charge on any atom is 0.178 e. The molecule has 1 fully saturated rings. The Bertz CT molecular complexity index is 625. The zero-order valence-electron chi connectivity index (χ0n) is 11.2. The van der Waals surface area contributed by atoms with E-state index in [-0.39, 0.29) is 0 Å². The van der Waals surface area contributed by atoms with E-state index in [0.717, 1.165) is 34.6 Å². The molecule has 1 aliphatic heterocycles. The van der Waals surface area contributed by atoms with Gasteiger partial charge in [-0.15, -0.1) is 0 Å². The molecule has 0 amide bonds. The van der Waals surface area contributed by atoms with Gasteiger partial charge < -0.3 is 19.2 Å². The number of benzene rings is 1. The van der Waals surface area contributed by atoms with Gasteiger partial charge in [-0.1, -0.05) is 0 Å². The van der Waals surface area contributed by atoms with E-state index in [4.69, 9.17) is 17.0 Å². The molecule has 19 heavy (non-hydrogen) atoms. The van der Waals surface area contributed by atoms with Gasteiger partial charge in [-0.2, -0.15) is 0 Å². The predicted molar refractivity (Wildman–Crippen MR) is 79.3 cm³/mol. The number of nitrogens with one attached hydrogen (secondary N) is 1. The molecule has 3 rings (SSSR count). The van der Waals surface area contributed by atoms with Gasteiger partial charge in [-0.25, -0.2) is 0 Å². The Hall–Kier alpha value is -1.33. The first kappa shape index (κ1) is 12.7. The van der Waals surface area contributed by atoms with Gasteiger partial charge in [0.2, 0.25) is 0 Å². The predicted octanol–water partition coefficient (Wildman–Crippen LogP) is 2.80. The van der Waals surface area contributed by atoms with Gasteiger partial charge in [0, 0.05) is 19.2 Å². The van der Waals surface area contributed by atoms with Crippen LogP contribution in [0.25, 0.3) is 11.0 Å². The van der Waals surface area contributed by atoms with E-state index in [1.54, 1.807) is 7.11 Å². The molecule has 1 aliphatic rings. The molecule has 0 unspecified atom stereocenters. The second-order valence-electron chi connectivity index (χ2n) is 5.01. The highest BCUT2D eigenvalue weighted by Gasteiger charge is 2.12. The van der Waals surface area contributed by atoms with Crippen molar-refractivity contribution >= 4 is 23.3 Å². The minimum atomic E-state index is 0.794. The van der Waals surface area contributed by atoms with Gasteiger partial charge in [0.25, 0.3) is 0 Å². The van der Waals surface area contributed by atoms with E-state index >= 15 is 0 Å². The van der Waals surface area contributed by atoms with Gasteiger partial charge in [-0.05, 0) is 50.3 Å². The number of nitrogens with zero attached hydrogens (tertiary/aromatic N) is 2. The molecule has 1 aromatic heterocycles. The normalized spacial score (nSPS) is 16.3. The van der Waals surface area contributed by atoms with Gasteiger partial charge in [0.05, 0.1) is 18.1 Å². The highest BCUT2D eigenvalue weighted by atomic mass is 32.1. The number of likely N-dealkylation sites (tertiary alicyclic amines) is 1. The molecule has 102 valence electrons. The molecule has 0 radical (unpaired) electrons. The summed E-state index contributed by atoms with van der Waals surface area (Å²) in [5.41, 5.74) is 2.20. The molecule has 1 aromatic carbocycles. The minimum Gasteiger partial charge on any atom is -0.497 e. The SMILES string of the molecule is COc1ccc2[nH]c(=S)n(CCN3CCCC3)c2c1. The van der Waals surface area contributed by atoms with Crippen molar-refractivity contribution in [3.05, 3.63) is 23.0 Å². The van der Waals surface area contributed by atoms with Crippen LogP contribution in [0, 0.1) is 4.77 Å². The second-order valence-corrected chi connectivity index (χ2v) is 5.40. The highest BCUT2D eigenvalue weighted by Crippen LogP contribution is 2.21. The van der Waals surface area contributed by atoms with E-state index in [0.29, 0.717) is 0 Å². The molecule has 0 spiro atoms. The van der Waals surface area contributed by atoms with Crippen LogP contribution < -0.4 is 4.74 Å². The van der Waals surface area contributed by atoms with Crippen LogP contribution in [0.2, 0.25) is 0 Å². The maximum absolute atomic E-state index is 5.42. The van der Waals surface area contributed by atoms with Crippen molar-refractivity contribution in [3.63, 3.8) is 0 Å². The van der Waals surface area contributed by atoms with Crippen LogP contribution >= 0.6 is 12.2 Å².